The van der Waals surface area contributed by atoms with Crippen LogP contribution >= 0.6 is 45.2 Å². The molecule has 5 heteroatoms. The highest BCUT2D eigenvalue weighted by atomic mass is 127. The SMILES string of the molecule is CCCC(C)CCCC(OCCCCCC(C)I)OC(CCCC(C)CCC)OCCCCCC(C)I. The number of hydrogen-bond acceptors (Lipinski definition) is 3. The predicted octanol–water partition coefficient (Wildman–Crippen LogP) is 11.7. The molecule has 0 aliphatic carbocycles. The van der Waals surface area contributed by atoms with Crippen LogP contribution in [0.25, 0.3) is 0 Å². The van der Waals surface area contributed by atoms with Crippen molar-refractivity contribution >= 4 is 45.2 Å². The van der Waals surface area contributed by atoms with Crippen molar-refractivity contribution in [1.82, 2.24) is 0 Å². The van der Waals surface area contributed by atoms with Crippen molar-refractivity contribution in [2.24, 2.45) is 11.8 Å². The van der Waals surface area contributed by atoms with Gasteiger partial charge in [0.25, 0.3) is 0 Å². The van der Waals surface area contributed by atoms with Crippen LogP contribution in [-0.4, -0.2) is 33.6 Å². The van der Waals surface area contributed by atoms with Gasteiger partial charge in [-0.05, 0) is 63.2 Å². The first-order valence-electron chi connectivity index (χ1n) is 15.9. The molecule has 6 unspecified atom stereocenters. The van der Waals surface area contributed by atoms with E-state index in [0.717, 1.165) is 58.6 Å². The molecule has 0 spiro atoms. The van der Waals surface area contributed by atoms with Crippen molar-refractivity contribution in [2.45, 2.75) is 178 Å². The molecule has 0 radical (unpaired) electrons. The number of alkyl halides is 2. The van der Waals surface area contributed by atoms with Gasteiger partial charge in [-0.3, -0.25) is 0 Å². The van der Waals surface area contributed by atoms with E-state index in [2.05, 4.69) is 86.7 Å². The second kappa shape index (κ2) is 27.5. The van der Waals surface area contributed by atoms with E-state index in [0.29, 0.717) is 0 Å². The van der Waals surface area contributed by atoms with Crippen LogP contribution < -0.4 is 0 Å². The van der Waals surface area contributed by atoms with Crippen LogP contribution in [0.3, 0.4) is 0 Å². The Morgan fingerprint density at radius 3 is 1.22 bits per heavy atom. The molecule has 0 aliphatic rings. The van der Waals surface area contributed by atoms with Crippen LogP contribution in [-0.2, 0) is 14.2 Å². The first-order valence-corrected chi connectivity index (χ1v) is 18.4. The summed E-state index contributed by atoms with van der Waals surface area (Å²) in [5.41, 5.74) is 0. The van der Waals surface area contributed by atoms with Crippen LogP contribution in [0.4, 0.5) is 0 Å². The monoisotopic (exact) mass is 750 g/mol. The molecule has 3 nitrogen and oxygen atoms in total. The Hall–Kier alpha value is 1.34. The molecule has 6 atom stereocenters. The highest BCUT2D eigenvalue weighted by Gasteiger charge is 2.19. The highest BCUT2D eigenvalue weighted by Crippen LogP contribution is 2.22. The average molecular weight is 751 g/mol. The molecule has 0 bridgehead atoms. The smallest absolute Gasteiger partial charge is 0.160 e. The summed E-state index contributed by atoms with van der Waals surface area (Å²) in [7, 11) is 0. The maximum Gasteiger partial charge on any atom is 0.160 e. The van der Waals surface area contributed by atoms with Gasteiger partial charge in [0.1, 0.15) is 0 Å². The van der Waals surface area contributed by atoms with Crippen LogP contribution in [0.15, 0.2) is 0 Å². The van der Waals surface area contributed by atoms with Crippen molar-refractivity contribution in [1.29, 1.82) is 0 Å². The van der Waals surface area contributed by atoms with Gasteiger partial charge >= 0.3 is 0 Å². The van der Waals surface area contributed by atoms with E-state index in [1.54, 1.807) is 0 Å². The second-order valence-corrected chi connectivity index (χ2v) is 15.9. The first kappa shape index (κ1) is 38.3. The molecule has 0 aromatic rings. The minimum atomic E-state index is -0.129. The Morgan fingerprint density at radius 1 is 0.459 bits per heavy atom. The number of halogens is 2. The summed E-state index contributed by atoms with van der Waals surface area (Å²) in [5, 5.41) is 0. The third kappa shape index (κ3) is 27.3. The minimum absolute atomic E-state index is 0.129. The van der Waals surface area contributed by atoms with E-state index in [-0.39, 0.29) is 12.6 Å². The largest absolute Gasteiger partial charge is 0.353 e. The van der Waals surface area contributed by atoms with Gasteiger partial charge in [0.2, 0.25) is 0 Å². The molecule has 37 heavy (non-hydrogen) atoms. The van der Waals surface area contributed by atoms with Crippen LogP contribution in [0.5, 0.6) is 0 Å². The molecule has 0 aromatic heterocycles. The van der Waals surface area contributed by atoms with Crippen LogP contribution in [0.2, 0.25) is 0 Å². The summed E-state index contributed by atoms with van der Waals surface area (Å²) in [6, 6.07) is 0. The lowest BCUT2D eigenvalue weighted by atomic mass is 9.99. The molecule has 0 N–H and O–H groups in total. The molecule has 0 aliphatic heterocycles. The molecule has 0 aromatic carbocycles. The lowest BCUT2D eigenvalue weighted by Crippen LogP contribution is -2.28. The van der Waals surface area contributed by atoms with Gasteiger partial charge in [-0.25, -0.2) is 0 Å². The fourth-order valence-corrected chi connectivity index (χ4v) is 5.81. The third-order valence-corrected chi connectivity index (χ3v) is 8.49. The fraction of sp³-hybridized carbons (Fsp3) is 1.00. The van der Waals surface area contributed by atoms with E-state index in [1.165, 1.54) is 89.9 Å². The Kier molecular flexibility index (Phi) is 28.5. The minimum Gasteiger partial charge on any atom is -0.353 e. The van der Waals surface area contributed by atoms with Gasteiger partial charge in [-0.1, -0.05) is 151 Å². The number of ether oxygens (including phenoxy) is 3. The molecule has 0 heterocycles. The summed E-state index contributed by atoms with van der Waals surface area (Å²) in [4.78, 5) is 0. The quantitative estimate of drug-likeness (QED) is 0.0345. The highest BCUT2D eigenvalue weighted by molar-refractivity contribution is 14.1. The predicted molar refractivity (Wildman–Crippen MR) is 180 cm³/mol. The molecule has 0 amide bonds. The van der Waals surface area contributed by atoms with E-state index in [1.807, 2.05) is 0 Å². The van der Waals surface area contributed by atoms with Gasteiger partial charge in [0.05, 0.1) is 0 Å². The van der Waals surface area contributed by atoms with Crippen molar-refractivity contribution in [2.75, 3.05) is 13.2 Å². The molecular formula is C32H64I2O3. The Labute approximate surface area is 260 Å². The van der Waals surface area contributed by atoms with Gasteiger partial charge in [-0.2, -0.15) is 0 Å². The van der Waals surface area contributed by atoms with Gasteiger partial charge < -0.3 is 14.2 Å². The van der Waals surface area contributed by atoms with E-state index in [9.17, 15) is 0 Å². The van der Waals surface area contributed by atoms with Gasteiger partial charge in [0.15, 0.2) is 12.6 Å². The summed E-state index contributed by atoms with van der Waals surface area (Å²) >= 11 is 5.06. The zero-order chi connectivity index (χ0) is 27.7. The van der Waals surface area contributed by atoms with Gasteiger partial charge in [-0.15, -0.1) is 0 Å². The summed E-state index contributed by atoms with van der Waals surface area (Å²) in [6.07, 6.45) is 21.7. The molecule has 0 rings (SSSR count). The van der Waals surface area contributed by atoms with Crippen molar-refractivity contribution in [3.63, 3.8) is 0 Å². The molecular weight excluding hydrogens is 686 g/mol. The second-order valence-electron chi connectivity index (χ2n) is 11.6. The van der Waals surface area contributed by atoms with E-state index < -0.39 is 0 Å². The lowest BCUT2D eigenvalue weighted by Gasteiger charge is -2.26. The van der Waals surface area contributed by atoms with E-state index in [4.69, 9.17) is 14.2 Å². The maximum absolute atomic E-state index is 6.58. The number of unbranched alkanes of at least 4 members (excludes halogenated alkanes) is 4. The fourth-order valence-electron chi connectivity index (χ4n) is 4.93. The summed E-state index contributed by atoms with van der Waals surface area (Å²) in [5.74, 6) is 1.58. The summed E-state index contributed by atoms with van der Waals surface area (Å²) < 4.78 is 20.8. The first-order chi connectivity index (χ1) is 17.8. The zero-order valence-corrected chi connectivity index (χ0v) is 29.9. The Balaban J connectivity index is 4.81. The summed E-state index contributed by atoms with van der Waals surface area (Å²) in [6.45, 7) is 15.6. The molecule has 0 saturated carbocycles. The molecule has 224 valence electrons. The zero-order valence-electron chi connectivity index (χ0n) is 25.6. The maximum atomic E-state index is 6.58. The van der Waals surface area contributed by atoms with Crippen LogP contribution in [0.1, 0.15) is 157 Å². The normalized spacial score (nSPS) is 16.9. The van der Waals surface area contributed by atoms with E-state index >= 15 is 0 Å². The topological polar surface area (TPSA) is 27.7 Å². The van der Waals surface area contributed by atoms with Crippen molar-refractivity contribution in [3.8, 4) is 0 Å². The number of hydrogen-bond donors (Lipinski definition) is 0. The van der Waals surface area contributed by atoms with Gasteiger partial charge in [0, 0.05) is 21.1 Å². The number of rotatable bonds is 28. The average Bonchev–Trinajstić information content (AvgIpc) is 2.82. The Bertz CT molecular complexity index is 421. The molecule has 0 fully saturated rings. The van der Waals surface area contributed by atoms with Crippen LogP contribution in [0, 0.1) is 11.8 Å². The molecule has 0 saturated heterocycles. The third-order valence-electron chi connectivity index (χ3n) is 7.24. The van der Waals surface area contributed by atoms with Crippen molar-refractivity contribution < 1.29 is 14.2 Å². The Morgan fingerprint density at radius 2 is 0.865 bits per heavy atom. The lowest BCUT2D eigenvalue weighted by molar-refractivity contribution is -0.250. The standard InChI is InChI=1S/C32H64I2O3/c1-7-17-27(3)19-15-23-31(35-25-13-9-11-21-29(5)33)37-32(24-16-20-28(4)18-8-2)36-26-14-10-12-22-30(6)34/h27-32H,7-26H2,1-6H3. The van der Waals surface area contributed by atoms with Crippen molar-refractivity contribution in [3.05, 3.63) is 0 Å².